The van der Waals surface area contributed by atoms with Crippen molar-refractivity contribution in [2.75, 3.05) is 10.6 Å². The molecule has 0 spiro atoms. The van der Waals surface area contributed by atoms with E-state index in [4.69, 9.17) is 11.6 Å². The average Bonchev–Trinajstić information content (AvgIpc) is 2.69. The van der Waals surface area contributed by atoms with Crippen LogP contribution >= 0.6 is 11.6 Å². The summed E-state index contributed by atoms with van der Waals surface area (Å²) >= 11 is 6.21. The highest BCUT2D eigenvalue weighted by Crippen LogP contribution is 2.17. The molecule has 1 amide bonds. The van der Waals surface area contributed by atoms with E-state index in [1.54, 1.807) is 19.1 Å². The van der Waals surface area contributed by atoms with Crippen molar-refractivity contribution in [1.29, 1.82) is 0 Å². The molecule has 0 aliphatic rings. The minimum absolute atomic E-state index is 0.000271. The standard InChI is InChI=1S/C20H19ClN4O2/c1-14(19(26)24-16-10-6-3-7-11-16)23-17-12-22-25(20(27)18(17)21)13-15-8-4-2-5-9-15/h2-12,14,23H,13H2,1H3,(H,24,26). The van der Waals surface area contributed by atoms with Crippen molar-refractivity contribution in [3.05, 3.63) is 87.8 Å². The maximum Gasteiger partial charge on any atom is 0.287 e. The molecule has 1 unspecified atom stereocenters. The fourth-order valence-electron chi connectivity index (χ4n) is 2.51. The Bertz CT molecular complexity index is 974. The van der Waals surface area contributed by atoms with E-state index in [-0.39, 0.29) is 10.9 Å². The molecule has 1 aromatic heterocycles. The number of carbonyl (C=O) groups is 1. The molecule has 3 rings (SSSR count). The summed E-state index contributed by atoms with van der Waals surface area (Å²) in [5.41, 5.74) is 1.54. The van der Waals surface area contributed by atoms with Crippen molar-refractivity contribution in [2.24, 2.45) is 0 Å². The van der Waals surface area contributed by atoms with E-state index in [0.29, 0.717) is 17.9 Å². The van der Waals surface area contributed by atoms with Gasteiger partial charge >= 0.3 is 0 Å². The molecule has 1 heterocycles. The van der Waals surface area contributed by atoms with Crippen LogP contribution in [0, 0.1) is 0 Å². The summed E-state index contributed by atoms with van der Waals surface area (Å²) in [5.74, 6) is -0.245. The first kappa shape index (κ1) is 18.7. The van der Waals surface area contributed by atoms with Crippen LogP contribution in [0.25, 0.3) is 0 Å². The topological polar surface area (TPSA) is 76.0 Å². The molecule has 0 bridgehead atoms. The molecule has 7 heteroatoms. The zero-order valence-electron chi connectivity index (χ0n) is 14.7. The summed E-state index contributed by atoms with van der Waals surface area (Å²) in [7, 11) is 0. The van der Waals surface area contributed by atoms with Crippen LogP contribution in [0.15, 0.2) is 71.7 Å². The van der Waals surface area contributed by atoms with Crippen molar-refractivity contribution in [3.8, 4) is 0 Å². The number of benzene rings is 2. The van der Waals surface area contributed by atoms with Crippen LogP contribution in [-0.4, -0.2) is 21.7 Å². The molecule has 1 atom stereocenters. The number of para-hydroxylation sites is 1. The van der Waals surface area contributed by atoms with Gasteiger partial charge < -0.3 is 10.6 Å². The quantitative estimate of drug-likeness (QED) is 0.685. The number of hydrogen-bond donors (Lipinski definition) is 2. The molecule has 138 valence electrons. The highest BCUT2D eigenvalue weighted by Gasteiger charge is 2.16. The molecule has 0 fully saturated rings. The summed E-state index contributed by atoms with van der Waals surface area (Å²) < 4.78 is 1.29. The molecule has 0 saturated carbocycles. The molecule has 2 N–H and O–H groups in total. The number of anilines is 2. The highest BCUT2D eigenvalue weighted by atomic mass is 35.5. The second-order valence-corrected chi connectivity index (χ2v) is 6.42. The molecular formula is C20H19ClN4O2. The lowest BCUT2D eigenvalue weighted by Gasteiger charge is -2.16. The van der Waals surface area contributed by atoms with E-state index < -0.39 is 11.6 Å². The molecule has 0 aliphatic heterocycles. The van der Waals surface area contributed by atoms with Crippen molar-refractivity contribution >= 4 is 28.9 Å². The van der Waals surface area contributed by atoms with E-state index >= 15 is 0 Å². The molecule has 6 nitrogen and oxygen atoms in total. The van der Waals surface area contributed by atoms with Crippen molar-refractivity contribution in [3.63, 3.8) is 0 Å². The number of hydrogen-bond acceptors (Lipinski definition) is 4. The van der Waals surface area contributed by atoms with Crippen LogP contribution in [0.2, 0.25) is 5.02 Å². The first-order chi connectivity index (χ1) is 13.0. The minimum Gasteiger partial charge on any atom is -0.371 e. The summed E-state index contributed by atoms with van der Waals surface area (Å²) in [5, 5.41) is 9.89. The first-order valence-electron chi connectivity index (χ1n) is 8.46. The Morgan fingerprint density at radius 1 is 1.11 bits per heavy atom. The van der Waals surface area contributed by atoms with Crippen LogP contribution in [0.4, 0.5) is 11.4 Å². The van der Waals surface area contributed by atoms with Crippen LogP contribution in [0.3, 0.4) is 0 Å². The third kappa shape index (κ3) is 4.74. The number of carbonyl (C=O) groups excluding carboxylic acids is 1. The smallest absolute Gasteiger partial charge is 0.287 e. The minimum atomic E-state index is -0.603. The van der Waals surface area contributed by atoms with Gasteiger partial charge in [-0.05, 0) is 24.6 Å². The third-order valence-electron chi connectivity index (χ3n) is 3.97. The number of rotatable bonds is 6. The molecule has 0 radical (unpaired) electrons. The Kier molecular flexibility index (Phi) is 5.88. The number of nitrogens with zero attached hydrogens (tertiary/aromatic N) is 2. The van der Waals surface area contributed by atoms with Crippen LogP contribution in [0.5, 0.6) is 0 Å². The number of amides is 1. The lowest BCUT2D eigenvalue weighted by atomic mass is 10.2. The fraction of sp³-hybridized carbons (Fsp3) is 0.150. The van der Waals surface area contributed by atoms with E-state index in [2.05, 4.69) is 15.7 Å². The van der Waals surface area contributed by atoms with E-state index in [0.717, 1.165) is 5.56 Å². The van der Waals surface area contributed by atoms with Crippen LogP contribution in [-0.2, 0) is 11.3 Å². The molecule has 2 aromatic carbocycles. The van der Waals surface area contributed by atoms with Crippen LogP contribution in [0.1, 0.15) is 12.5 Å². The fourth-order valence-corrected chi connectivity index (χ4v) is 2.71. The lowest BCUT2D eigenvalue weighted by Crippen LogP contribution is -2.33. The normalized spacial score (nSPS) is 11.6. The van der Waals surface area contributed by atoms with Gasteiger partial charge in [-0.15, -0.1) is 0 Å². The van der Waals surface area contributed by atoms with Gasteiger partial charge in [0, 0.05) is 5.69 Å². The Balaban J connectivity index is 1.70. The zero-order chi connectivity index (χ0) is 19.2. The van der Waals surface area contributed by atoms with Crippen molar-refractivity contribution < 1.29 is 4.79 Å². The molecule has 0 aliphatic carbocycles. The van der Waals surface area contributed by atoms with Gasteiger partial charge in [0.25, 0.3) is 5.56 Å². The highest BCUT2D eigenvalue weighted by molar-refractivity contribution is 6.33. The maximum absolute atomic E-state index is 12.5. The average molecular weight is 383 g/mol. The summed E-state index contributed by atoms with van der Waals surface area (Å²) in [4.78, 5) is 24.8. The van der Waals surface area contributed by atoms with E-state index in [9.17, 15) is 9.59 Å². The first-order valence-corrected chi connectivity index (χ1v) is 8.84. The monoisotopic (exact) mass is 382 g/mol. The molecule has 0 saturated heterocycles. The second-order valence-electron chi connectivity index (χ2n) is 6.04. The number of aromatic nitrogens is 2. The third-order valence-corrected chi connectivity index (χ3v) is 4.33. The zero-order valence-corrected chi connectivity index (χ0v) is 15.5. The Labute approximate surface area is 161 Å². The molecular weight excluding hydrogens is 364 g/mol. The van der Waals surface area contributed by atoms with Gasteiger partial charge in [-0.2, -0.15) is 5.10 Å². The Hall–Kier alpha value is -3.12. The van der Waals surface area contributed by atoms with Gasteiger partial charge in [0.05, 0.1) is 18.4 Å². The van der Waals surface area contributed by atoms with Gasteiger partial charge in [-0.1, -0.05) is 60.1 Å². The van der Waals surface area contributed by atoms with Gasteiger partial charge in [-0.25, -0.2) is 4.68 Å². The van der Waals surface area contributed by atoms with E-state index in [1.807, 2.05) is 48.5 Å². The van der Waals surface area contributed by atoms with Crippen LogP contribution < -0.4 is 16.2 Å². The largest absolute Gasteiger partial charge is 0.371 e. The Morgan fingerprint density at radius 2 is 1.74 bits per heavy atom. The Morgan fingerprint density at radius 3 is 2.41 bits per heavy atom. The molecule has 3 aromatic rings. The summed E-state index contributed by atoms with van der Waals surface area (Å²) in [6.45, 7) is 2.01. The van der Waals surface area contributed by atoms with Gasteiger partial charge in [-0.3, -0.25) is 9.59 Å². The number of nitrogens with one attached hydrogen (secondary N) is 2. The lowest BCUT2D eigenvalue weighted by molar-refractivity contribution is -0.116. The van der Waals surface area contributed by atoms with Gasteiger partial charge in [0.1, 0.15) is 11.1 Å². The van der Waals surface area contributed by atoms with E-state index in [1.165, 1.54) is 10.9 Å². The summed E-state index contributed by atoms with van der Waals surface area (Å²) in [6.07, 6.45) is 1.46. The predicted octanol–water partition coefficient (Wildman–Crippen LogP) is 3.38. The second kappa shape index (κ2) is 8.51. The SMILES string of the molecule is CC(Nc1cnn(Cc2ccccc2)c(=O)c1Cl)C(=O)Nc1ccccc1. The summed E-state index contributed by atoms with van der Waals surface area (Å²) in [6, 6.07) is 18.0. The van der Waals surface area contributed by atoms with Crippen molar-refractivity contribution in [2.45, 2.75) is 19.5 Å². The predicted molar refractivity (Wildman–Crippen MR) is 107 cm³/mol. The molecule has 27 heavy (non-hydrogen) atoms. The number of halogens is 1. The van der Waals surface area contributed by atoms with Crippen molar-refractivity contribution in [1.82, 2.24) is 9.78 Å². The maximum atomic E-state index is 12.5. The van der Waals surface area contributed by atoms with Gasteiger partial charge in [0.2, 0.25) is 5.91 Å². The van der Waals surface area contributed by atoms with Gasteiger partial charge in [0.15, 0.2) is 0 Å².